The van der Waals surface area contributed by atoms with Crippen LogP contribution in [0.5, 0.6) is 0 Å². The highest BCUT2D eigenvalue weighted by Gasteiger charge is 2.02. The molecule has 5 nitrogen and oxygen atoms in total. The van der Waals surface area contributed by atoms with E-state index >= 15 is 0 Å². The van der Waals surface area contributed by atoms with Crippen LogP contribution in [0, 0.1) is 6.92 Å². The monoisotopic (exact) mass is 175 g/mol. The Kier molecular flexibility index (Phi) is 1.70. The number of hydrogen-bond acceptors (Lipinski definition) is 4. The smallest absolute Gasteiger partial charge is 0.181 e. The molecule has 0 radical (unpaired) electrons. The molecule has 0 fully saturated rings. The van der Waals surface area contributed by atoms with E-state index in [0.717, 1.165) is 11.4 Å². The summed E-state index contributed by atoms with van der Waals surface area (Å²) in [5.74, 6) is 1.90. The number of nitrogens with two attached hydrogens (primary N) is 1. The largest absolute Gasteiger partial charge is 0.384 e. The molecule has 0 spiro atoms. The first-order chi connectivity index (χ1) is 6.25. The number of anilines is 1. The van der Waals surface area contributed by atoms with Gasteiger partial charge in [0, 0.05) is 11.8 Å². The quantitative estimate of drug-likeness (QED) is 0.670. The summed E-state index contributed by atoms with van der Waals surface area (Å²) in [6.07, 6.45) is 1.64. The average Bonchev–Trinajstić information content (AvgIpc) is 2.52. The Hall–Kier alpha value is -1.91. The fraction of sp³-hybridized carbons (Fsp3) is 0.125. The molecule has 0 atom stereocenters. The van der Waals surface area contributed by atoms with Crippen molar-refractivity contribution in [3.63, 3.8) is 0 Å². The molecule has 2 heterocycles. The summed E-state index contributed by atoms with van der Waals surface area (Å²) in [6, 6.07) is 3.56. The molecule has 2 aromatic heterocycles. The molecule has 5 heteroatoms. The minimum atomic E-state index is 0.472. The molecule has 0 aliphatic heterocycles. The Morgan fingerprint density at radius 1 is 1.46 bits per heavy atom. The third kappa shape index (κ3) is 1.48. The molecular weight excluding hydrogens is 166 g/mol. The molecule has 0 saturated heterocycles. The summed E-state index contributed by atoms with van der Waals surface area (Å²) in [5, 5.41) is 6.77. The van der Waals surface area contributed by atoms with E-state index in [1.54, 1.807) is 12.3 Å². The summed E-state index contributed by atoms with van der Waals surface area (Å²) in [4.78, 5) is 8.06. The van der Waals surface area contributed by atoms with Gasteiger partial charge in [0.05, 0.1) is 0 Å². The zero-order chi connectivity index (χ0) is 9.26. The van der Waals surface area contributed by atoms with Crippen molar-refractivity contribution in [1.29, 1.82) is 0 Å². The van der Waals surface area contributed by atoms with Gasteiger partial charge in [0.25, 0.3) is 0 Å². The third-order valence-corrected chi connectivity index (χ3v) is 1.64. The van der Waals surface area contributed by atoms with Crippen LogP contribution < -0.4 is 5.73 Å². The van der Waals surface area contributed by atoms with E-state index in [9.17, 15) is 0 Å². The predicted octanol–water partition coefficient (Wildman–Crippen LogP) is 0.757. The van der Waals surface area contributed by atoms with Gasteiger partial charge in [0.2, 0.25) is 0 Å². The van der Waals surface area contributed by atoms with Crippen molar-refractivity contribution < 1.29 is 0 Å². The van der Waals surface area contributed by atoms with Crippen LogP contribution in [0.3, 0.4) is 0 Å². The van der Waals surface area contributed by atoms with Crippen molar-refractivity contribution >= 4 is 5.82 Å². The summed E-state index contributed by atoms with van der Waals surface area (Å²) in [6.45, 7) is 1.85. The minimum absolute atomic E-state index is 0.472. The third-order valence-electron chi connectivity index (χ3n) is 1.64. The van der Waals surface area contributed by atoms with E-state index in [0.29, 0.717) is 11.6 Å². The fourth-order valence-electron chi connectivity index (χ4n) is 1.06. The van der Waals surface area contributed by atoms with Crippen molar-refractivity contribution in [3.8, 4) is 11.4 Å². The molecule has 13 heavy (non-hydrogen) atoms. The highest BCUT2D eigenvalue weighted by molar-refractivity contribution is 5.57. The zero-order valence-corrected chi connectivity index (χ0v) is 7.15. The normalized spacial score (nSPS) is 10.2. The summed E-state index contributed by atoms with van der Waals surface area (Å²) in [5.41, 5.74) is 6.40. The van der Waals surface area contributed by atoms with Gasteiger partial charge in [-0.05, 0) is 19.1 Å². The molecule has 3 N–H and O–H groups in total. The van der Waals surface area contributed by atoms with Crippen LogP contribution in [0.25, 0.3) is 11.4 Å². The lowest BCUT2D eigenvalue weighted by molar-refractivity contribution is 1.04. The minimum Gasteiger partial charge on any atom is -0.384 e. The maximum atomic E-state index is 5.53. The molecular formula is C8H9N5. The second kappa shape index (κ2) is 2.85. The van der Waals surface area contributed by atoms with Crippen LogP contribution in [0.15, 0.2) is 18.3 Å². The van der Waals surface area contributed by atoms with Gasteiger partial charge >= 0.3 is 0 Å². The van der Waals surface area contributed by atoms with E-state index in [2.05, 4.69) is 20.2 Å². The molecule has 0 unspecified atom stereocenters. The first kappa shape index (κ1) is 7.72. The van der Waals surface area contributed by atoms with Gasteiger partial charge in [-0.2, -0.15) is 5.10 Å². The lowest BCUT2D eigenvalue weighted by Crippen LogP contribution is -1.90. The van der Waals surface area contributed by atoms with Crippen molar-refractivity contribution in [1.82, 2.24) is 20.2 Å². The summed E-state index contributed by atoms with van der Waals surface area (Å²) < 4.78 is 0. The van der Waals surface area contributed by atoms with Crippen molar-refractivity contribution in [3.05, 3.63) is 24.2 Å². The highest BCUT2D eigenvalue weighted by atomic mass is 15.2. The highest BCUT2D eigenvalue weighted by Crippen LogP contribution is 2.14. The second-order valence-corrected chi connectivity index (χ2v) is 2.71. The van der Waals surface area contributed by atoms with Gasteiger partial charge in [-0.1, -0.05) is 0 Å². The fourth-order valence-corrected chi connectivity index (χ4v) is 1.06. The first-order valence-electron chi connectivity index (χ1n) is 3.86. The topological polar surface area (TPSA) is 80.5 Å². The van der Waals surface area contributed by atoms with Crippen LogP contribution in [0.4, 0.5) is 5.82 Å². The first-order valence-corrected chi connectivity index (χ1v) is 3.86. The van der Waals surface area contributed by atoms with Gasteiger partial charge in [-0.25, -0.2) is 9.97 Å². The number of H-pyrrole nitrogens is 1. The van der Waals surface area contributed by atoms with Crippen LogP contribution in [-0.2, 0) is 0 Å². The van der Waals surface area contributed by atoms with Crippen molar-refractivity contribution in [2.75, 3.05) is 5.73 Å². The summed E-state index contributed by atoms with van der Waals surface area (Å²) >= 11 is 0. The van der Waals surface area contributed by atoms with Crippen LogP contribution in [-0.4, -0.2) is 20.2 Å². The Bertz CT molecular complexity index is 420. The van der Waals surface area contributed by atoms with E-state index in [1.807, 2.05) is 13.0 Å². The SMILES string of the molecule is Cc1nc(-c2ccnc(N)c2)n[nH]1. The van der Waals surface area contributed by atoms with Gasteiger partial charge < -0.3 is 5.73 Å². The Labute approximate surface area is 75.0 Å². The number of nitrogens with one attached hydrogen (secondary N) is 1. The Morgan fingerprint density at radius 3 is 2.92 bits per heavy atom. The number of pyridine rings is 1. The van der Waals surface area contributed by atoms with E-state index < -0.39 is 0 Å². The number of aromatic amines is 1. The van der Waals surface area contributed by atoms with E-state index in [1.165, 1.54) is 0 Å². The van der Waals surface area contributed by atoms with Gasteiger partial charge in [0.1, 0.15) is 11.6 Å². The molecule has 0 saturated carbocycles. The maximum absolute atomic E-state index is 5.53. The van der Waals surface area contributed by atoms with Crippen LogP contribution in [0.2, 0.25) is 0 Å². The van der Waals surface area contributed by atoms with E-state index in [-0.39, 0.29) is 0 Å². The predicted molar refractivity (Wildman–Crippen MR) is 48.8 cm³/mol. The molecule has 0 aromatic carbocycles. The number of rotatable bonds is 1. The van der Waals surface area contributed by atoms with Gasteiger partial charge in [-0.3, -0.25) is 5.10 Å². The number of aryl methyl sites for hydroxylation is 1. The standard InChI is InChI=1S/C8H9N5/c1-5-11-8(13-12-5)6-2-3-10-7(9)4-6/h2-4H,1H3,(H2,9,10)(H,11,12,13). The molecule has 0 bridgehead atoms. The number of nitrogen functional groups attached to an aromatic ring is 1. The zero-order valence-electron chi connectivity index (χ0n) is 7.15. The Balaban J connectivity index is 2.46. The number of aromatic nitrogens is 4. The Morgan fingerprint density at radius 2 is 2.31 bits per heavy atom. The molecule has 0 aliphatic rings. The maximum Gasteiger partial charge on any atom is 0.181 e. The lowest BCUT2D eigenvalue weighted by atomic mass is 10.2. The van der Waals surface area contributed by atoms with E-state index in [4.69, 9.17) is 5.73 Å². The number of hydrogen-bond donors (Lipinski definition) is 2. The molecule has 66 valence electrons. The van der Waals surface area contributed by atoms with Crippen LogP contribution >= 0.6 is 0 Å². The number of nitrogens with zero attached hydrogens (tertiary/aromatic N) is 3. The van der Waals surface area contributed by atoms with Gasteiger partial charge in [-0.15, -0.1) is 0 Å². The molecule has 2 rings (SSSR count). The molecule has 0 amide bonds. The second-order valence-electron chi connectivity index (χ2n) is 2.71. The van der Waals surface area contributed by atoms with Crippen LogP contribution in [0.1, 0.15) is 5.82 Å². The average molecular weight is 175 g/mol. The van der Waals surface area contributed by atoms with Crippen molar-refractivity contribution in [2.24, 2.45) is 0 Å². The van der Waals surface area contributed by atoms with Gasteiger partial charge in [0.15, 0.2) is 5.82 Å². The van der Waals surface area contributed by atoms with Crippen molar-refractivity contribution in [2.45, 2.75) is 6.92 Å². The molecule has 2 aromatic rings. The molecule has 0 aliphatic carbocycles. The summed E-state index contributed by atoms with van der Waals surface area (Å²) in [7, 11) is 0. The lowest BCUT2D eigenvalue weighted by Gasteiger charge is -1.94.